The molecule has 2 unspecified atom stereocenters. The molecule has 3 N–H and O–H groups in total. The first kappa shape index (κ1) is 21.9. The summed E-state index contributed by atoms with van der Waals surface area (Å²) in [6, 6.07) is 4.61. The Bertz CT molecular complexity index is 553. The molecule has 0 bridgehead atoms. The van der Waals surface area contributed by atoms with Crippen LogP contribution in [0.4, 0.5) is 15.8 Å². The number of carbonyl (C=O) groups excluding carboxylic acids is 1. The fraction of sp³-hybridized carbons (Fsp3) is 0.562. The molecule has 2 saturated heterocycles. The fourth-order valence-corrected chi connectivity index (χ4v) is 2.72. The molecule has 0 spiro atoms. The van der Waals surface area contributed by atoms with E-state index in [-0.39, 0.29) is 36.8 Å². The van der Waals surface area contributed by atoms with E-state index in [0.29, 0.717) is 31.1 Å². The van der Waals surface area contributed by atoms with Crippen molar-refractivity contribution in [3.63, 3.8) is 0 Å². The van der Waals surface area contributed by atoms with Crippen molar-refractivity contribution < 1.29 is 18.7 Å². The second-order valence-corrected chi connectivity index (χ2v) is 5.76. The van der Waals surface area contributed by atoms with Gasteiger partial charge in [0.1, 0.15) is 11.9 Å². The second kappa shape index (κ2) is 10.8. The average molecular weight is 396 g/mol. The number of benzene rings is 1. The number of anilines is 2. The van der Waals surface area contributed by atoms with Gasteiger partial charge in [-0.05, 0) is 31.0 Å². The van der Waals surface area contributed by atoms with E-state index in [2.05, 4.69) is 16.0 Å². The minimum Gasteiger partial charge on any atom is -0.380 e. The highest BCUT2D eigenvalue weighted by Gasteiger charge is 2.22. The van der Waals surface area contributed by atoms with Gasteiger partial charge in [-0.15, -0.1) is 24.8 Å². The molecular weight excluding hydrogens is 372 g/mol. The van der Waals surface area contributed by atoms with Gasteiger partial charge in [-0.25, -0.2) is 4.39 Å². The van der Waals surface area contributed by atoms with E-state index in [1.54, 1.807) is 12.1 Å². The number of hydrogen-bond donors (Lipinski definition) is 3. The predicted molar refractivity (Wildman–Crippen MR) is 99.6 cm³/mol. The van der Waals surface area contributed by atoms with Crippen LogP contribution in [0.3, 0.4) is 0 Å². The highest BCUT2D eigenvalue weighted by atomic mass is 35.5. The summed E-state index contributed by atoms with van der Waals surface area (Å²) in [5.41, 5.74) is 0.832. The first-order valence-corrected chi connectivity index (χ1v) is 8.00. The SMILES string of the molecule is Cl.Cl.O=C(Nc1ccc(NCC2CCCO2)c(F)c1)C1CNCCO1. The smallest absolute Gasteiger partial charge is 0.254 e. The summed E-state index contributed by atoms with van der Waals surface area (Å²) in [6.07, 6.45) is 1.66. The maximum atomic E-state index is 14.1. The number of ether oxygens (including phenoxy) is 2. The minimum absolute atomic E-state index is 0. The molecule has 1 aromatic rings. The molecule has 25 heavy (non-hydrogen) atoms. The van der Waals surface area contributed by atoms with Crippen molar-refractivity contribution in [2.45, 2.75) is 25.0 Å². The molecule has 142 valence electrons. The minimum atomic E-state index is -0.538. The third kappa shape index (κ3) is 6.27. The molecule has 2 heterocycles. The quantitative estimate of drug-likeness (QED) is 0.712. The molecule has 1 aromatic carbocycles. The number of halogens is 3. The molecule has 2 atom stereocenters. The summed E-state index contributed by atoms with van der Waals surface area (Å²) in [7, 11) is 0. The van der Waals surface area contributed by atoms with Gasteiger partial charge in [0.05, 0.1) is 18.4 Å². The van der Waals surface area contributed by atoms with Gasteiger partial charge < -0.3 is 25.4 Å². The van der Waals surface area contributed by atoms with Crippen molar-refractivity contribution in [1.29, 1.82) is 0 Å². The average Bonchev–Trinajstić information content (AvgIpc) is 3.08. The van der Waals surface area contributed by atoms with Crippen molar-refractivity contribution >= 4 is 42.1 Å². The Kier molecular flexibility index (Phi) is 9.45. The Morgan fingerprint density at radius 1 is 1.28 bits per heavy atom. The Morgan fingerprint density at radius 2 is 2.12 bits per heavy atom. The molecule has 2 aliphatic rings. The number of carbonyl (C=O) groups is 1. The van der Waals surface area contributed by atoms with Crippen LogP contribution >= 0.6 is 24.8 Å². The molecule has 1 amide bonds. The van der Waals surface area contributed by atoms with Gasteiger partial charge in [0.25, 0.3) is 5.91 Å². The maximum absolute atomic E-state index is 14.1. The van der Waals surface area contributed by atoms with E-state index in [1.165, 1.54) is 6.07 Å². The molecule has 0 aromatic heterocycles. The van der Waals surface area contributed by atoms with E-state index in [9.17, 15) is 9.18 Å². The lowest BCUT2D eigenvalue weighted by molar-refractivity contribution is -0.128. The van der Waals surface area contributed by atoms with Crippen LogP contribution in [-0.2, 0) is 14.3 Å². The molecule has 2 aliphatic heterocycles. The lowest BCUT2D eigenvalue weighted by Crippen LogP contribution is -2.45. The van der Waals surface area contributed by atoms with Gasteiger partial charge in [0.15, 0.2) is 0 Å². The Hall–Kier alpha value is -1.12. The maximum Gasteiger partial charge on any atom is 0.254 e. The second-order valence-electron chi connectivity index (χ2n) is 5.76. The Balaban J connectivity index is 0.00000156. The van der Waals surface area contributed by atoms with Crippen LogP contribution in [-0.4, -0.2) is 51.0 Å². The number of hydrogen-bond acceptors (Lipinski definition) is 5. The zero-order chi connectivity index (χ0) is 16.1. The molecule has 0 aliphatic carbocycles. The molecule has 6 nitrogen and oxygen atoms in total. The monoisotopic (exact) mass is 395 g/mol. The Morgan fingerprint density at radius 3 is 2.76 bits per heavy atom. The number of nitrogens with one attached hydrogen (secondary N) is 3. The van der Waals surface area contributed by atoms with Crippen molar-refractivity contribution in [2.75, 3.05) is 43.5 Å². The number of morpholine rings is 1. The zero-order valence-electron chi connectivity index (χ0n) is 13.8. The lowest BCUT2D eigenvalue weighted by Gasteiger charge is -2.22. The summed E-state index contributed by atoms with van der Waals surface area (Å²) < 4.78 is 25.0. The van der Waals surface area contributed by atoms with Gasteiger partial charge in [-0.1, -0.05) is 0 Å². The summed E-state index contributed by atoms with van der Waals surface area (Å²) in [6.45, 7) is 3.07. The van der Waals surface area contributed by atoms with Gasteiger partial charge in [-0.3, -0.25) is 4.79 Å². The lowest BCUT2D eigenvalue weighted by atomic mass is 10.2. The van der Waals surface area contributed by atoms with Crippen LogP contribution in [0.25, 0.3) is 0 Å². The number of amides is 1. The van der Waals surface area contributed by atoms with Gasteiger partial charge in [0, 0.05) is 31.9 Å². The number of rotatable bonds is 5. The molecule has 0 radical (unpaired) electrons. The first-order chi connectivity index (χ1) is 11.2. The van der Waals surface area contributed by atoms with Crippen LogP contribution < -0.4 is 16.0 Å². The van der Waals surface area contributed by atoms with Crippen LogP contribution in [0.1, 0.15) is 12.8 Å². The van der Waals surface area contributed by atoms with Crippen molar-refractivity contribution in [1.82, 2.24) is 5.32 Å². The van der Waals surface area contributed by atoms with Crippen molar-refractivity contribution in [3.05, 3.63) is 24.0 Å². The third-order valence-corrected chi connectivity index (χ3v) is 4.00. The van der Waals surface area contributed by atoms with E-state index >= 15 is 0 Å². The molecule has 2 fully saturated rings. The van der Waals surface area contributed by atoms with Gasteiger partial charge in [-0.2, -0.15) is 0 Å². The van der Waals surface area contributed by atoms with Crippen LogP contribution in [0.15, 0.2) is 18.2 Å². The largest absolute Gasteiger partial charge is 0.380 e. The molecule has 9 heteroatoms. The Labute approximate surface area is 159 Å². The zero-order valence-corrected chi connectivity index (χ0v) is 15.4. The summed E-state index contributed by atoms with van der Waals surface area (Å²) >= 11 is 0. The van der Waals surface area contributed by atoms with E-state index in [0.717, 1.165) is 26.0 Å². The summed E-state index contributed by atoms with van der Waals surface area (Å²) in [5, 5.41) is 8.82. The third-order valence-electron chi connectivity index (χ3n) is 4.00. The van der Waals surface area contributed by atoms with E-state index in [4.69, 9.17) is 9.47 Å². The van der Waals surface area contributed by atoms with Crippen LogP contribution in [0, 0.1) is 5.82 Å². The highest BCUT2D eigenvalue weighted by molar-refractivity contribution is 5.94. The fourth-order valence-electron chi connectivity index (χ4n) is 2.72. The normalized spacial score (nSPS) is 22.4. The molecule has 0 saturated carbocycles. The predicted octanol–water partition coefficient (Wildman–Crippen LogP) is 2.19. The van der Waals surface area contributed by atoms with Crippen molar-refractivity contribution in [3.8, 4) is 0 Å². The molecular formula is C16H24Cl2FN3O3. The van der Waals surface area contributed by atoms with Gasteiger partial charge >= 0.3 is 0 Å². The first-order valence-electron chi connectivity index (χ1n) is 8.00. The van der Waals surface area contributed by atoms with E-state index < -0.39 is 11.9 Å². The van der Waals surface area contributed by atoms with Crippen molar-refractivity contribution in [2.24, 2.45) is 0 Å². The summed E-state index contributed by atoms with van der Waals surface area (Å²) in [4.78, 5) is 12.0. The summed E-state index contributed by atoms with van der Waals surface area (Å²) in [5.74, 6) is -0.667. The van der Waals surface area contributed by atoms with E-state index in [1.807, 2.05) is 0 Å². The topological polar surface area (TPSA) is 71.6 Å². The van der Waals surface area contributed by atoms with Gasteiger partial charge in [0.2, 0.25) is 0 Å². The molecule has 3 rings (SSSR count). The van der Waals surface area contributed by atoms with Crippen LogP contribution in [0.5, 0.6) is 0 Å². The van der Waals surface area contributed by atoms with Crippen LogP contribution in [0.2, 0.25) is 0 Å². The highest BCUT2D eigenvalue weighted by Crippen LogP contribution is 2.20. The standard InChI is InChI=1S/C16H22FN3O3.2ClH/c17-13-8-11(20-16(21)15-10-18-5-7-23-15)3-4-14(13)19-9-12-2-1-6-22-12;;/h3-4,8,12,15,18-19H,1-2,5-7,9-10H2,(H,20,21);2*1H.